The van der Waals surface area contributed by atoms with E-state index in [4.69, 9.17) is 4.43 Å². The van der Waals surface area contributed by atoms with Gasteiger partial charge < -0.3 is 4.43 Å². The number of ketones is 1. The smallest absolute Gasteiger partial charge is 0.200 e. The number of hydrogen-bond acceptors (Lipinski definition) is 4. The molecule has 1 aliphatic carbocycles. The van der Waals surface area contributed by atoms with Gasteiger partial charge in [0.1, 0.15) is 0 Å². The second-order valence-electron chi connectivity index (χ2n) is 7.96. The van der Waals surface area contributed by atoms with Gasteiger partial charge in [-0.3, -0.25) is 4.79 Å². The van der Waals surface area contributed by atoms with Crippen molar-refractivity contribution in [1.29, 1.82) is 0 Å². The van der Waals surface area contributed by atoms with E-state index < -0.39 is 23.4 Å². The molecule has 1 fully saturated rings. The Morgan fingerprint density at radius 3 is 2.09 bits per heavy atom. The fraction of sp³-hybridized carbons (Fsp3) is 0.824. The van der Waals surface area contributed by atoms with Gasteiger partial charge >= 0.3 is 0 Å². The van der Waals surface area contributed by atoms with Crippen LogP contribution in [0.25, 0.3) is 0 Å². The van der Waals surface area contributed by atoms with Gasteiger partial charge in [-0.05, 0) is 22.7 Å². The van der Waals surface area contributed by atoms with Crippen molar-refractivity contribution >= 4 is 23.9 Å². The van der Waals surface area contributed by atoms with Crippen molar-refractivity contribution < 1.29 is 17.6 Å². The van der Waals surface area contributed by atoms with E-state index in [1.165, 1.54) is 6.08 Å². The third-order valence-electron chi connectivity index (χ3n) is 5.68. The Morgan fingerprint density at radius 2 is 1.61 bits per heavy atom. The highest BCUT2D eigenvalue weighted by molar-refractivity contribution is 7.92. The number of allylic oxidation sites excluding steroid dienone is 1. The Balaban J connectivity index is 2.38. The molecule has 0 spiro atoms. The molecule has 3 atom stereocenters. The van der Waals surface area contributed by atoms with Gasteiger partial charge in [0.15, 0.2) is 15.6 Å². The lowest BCUT2D eigenvalue weighted by Gasteiger charge is -2.45. The van der Waals surface area contributed by atoms with Gasteiger partial charge in [0.2, 0.25) is 8.32 Å². The summed E-state index contributed by atoms with van der Waals surface area (Å²) in [4.78, 5) is 11.8. The average molecular weight is 359 g/mol. The number of hydrogen-bond donors (Lipinski definition) is 0. The molecule has 23 heavy (non-hydrogen) atoms. The van der Waals surface area contributed by atoms with Crippen molar-refractivity contribution in [1.82, 2.24) is 0 Å². The third-order valence-corrected chi connectivity index (χ3v) is 13.9. The number of fused-ring (bicyclic) bond motifs is 1. The largest absolute Gasteiger partial charge is 0.412 e. The van der Waals surface area contributed by atoms with Gasteiger partial charge in [-0.25, -0.2) is 8.42 Å². The number of carbonyl (C=O) groups excluding carboxylic acids is 1. The molecule has 1 saturated heterocycles. The predicted molar refractivity (Wildman–Crippen MR) is 95.7 cm³/mol. The first-order valence-electron chi connectivity index (χ1n) is 8.62. The third kappa shape index (κ3) is 3.22. The van der Waals surface area contributed by atoms with E-state index in [2.05, 4.69) is 41.5 Å². The van der Waals surface area contributed by atoms with Gasteiger partial charge in [-0.2, -0.15) is 0 Å². The molecular weight excluding hydrogens is 328 g/mol. The summed E-state index contributed by atoms with van der Waals surface area (Å²) in [6.07, 6.45) is 2.97. The highest BCUT2D eigenvalue weighted by Crippen LogP contribution is 2.46. The molecule has 6 heteroatoms. The van der Waals surface area contributed by atoms with Crippen LogP contribution in [0.4, 0.5) is 0 Å². The van der Waals surface area contributed by atoms with E-state index in [0.717, 1.165) is 0 Å². The average Bonchev–Trinajstić information content (AvgIpc) is 2.65. The molecule has 0 aromatic carbocycles. The molecule has 0 amide bonds. The van der Waals surface area contributed by atoms with Crippen LogP contribution < -0.4 is 0 Å². The van der Waals surface area contributed by atoms with Crippen LogP contribution in [0.15, 0.2) is 12.2 Å². The van der Waals surface area contributed by atoms with E-state index in [9.17, 15) is 13.2 Å². The maximum absolute atomic E-state index is 12.5. The number of sulfone groups is 1. The Kier molecular flexibility index (Phi) is 5.29. The lowest BCUT2D eigenvalue weighted by molar-refractivity contribution is -0.116. The molecule has 0 bridgehead atoms. The predicted octanol–water partition coefficient (Wildman–Crippen LogP) is 3.49. The van der Waals surface area contributed by atoms with Crippen molar-refractivity contribution in [3.63, 3.8) is 0 Å². The van der Waals surface area contributed by atoms with Crippen molar-refractivity contribution in [2.45, 2.75) is 75.9 Å². The summed E-state index contributed by atoms with van der Waals surface area (Å²) < 4.78 is 31.7. The first kappa shape index (κ1) is 18.9. The molecule has 2 rings (SSSR count). The molecule has 0 aromatic heterocycles. The Labute approximate surface area is 141 Å². The van der Waals surface area contributed by atoms with Gasteiger partial charge in [0, 0.05) is 12.3 Å². The Morgan fingerprint density at radius 1 is 1.09 bits per heavy atom. The monoisotopic (exact) mass is 358 g/mol. The summed E-state index contributed by atoms with van der Waals surface area (Å²) in [5.74, 6) is -0.135. The summed E-state index contributed by atoms with van der Waals surface area (Å²) >= 11 is 0. The topological polar surface area (TPSA) is 60.4 Å². The molecule has 3 unspecified atom stereocenters. The summed E-state index contributed by atoms with van der Waals surface area (Å²) in [7, 11) is -5.36. The maximum atomic E-state index is 12.5. The first-order valence-corrected chi connectivity index (χ1v) is 12.5. The minimum Gasteiger partial charge on any atom is -0.412 e. The summed E-state index contributed by atoms with van der Waals surface area (Å²) in [6.45, 7) is 13.2. The highest BCUT2D eigenvalue weighted by Gasteiger charge is 2.54. The Bertz CT molecular complexity index is 570. The molecule has 4 nitrogen and oxygen atoms in total. The van der Waals surface area contributed by atoms with Crippen LogP contribution in [0.3, 0.4) is 0 Å². The molecule has 132 valence electrons. The summed E-state index contributed by atoms with van der Waals surface area (Å²) in [5.41, 5.74) is 1.21. The molecule has 0 aromatic rings. The highest BCUT2D eigenvalue weighted by atomic mass is 32.2. The van der Waals surface area contributed by atoms with Crippen LogP contribution >= 0.6 is 0 Å². The van der Waals surface area contributed by atoms with Crippen LogP contribution in [-0.2, 0) is 19.1 Å². The molecule has 0 N–H and O–H groups in total. The number of carbonyl (C=O) groups is 1. The second kappa shape index (κ2) is 6.45. The zero-order valence-corrected chi connectivity index (χ0v) is 16.9. The molecule has 0 radical (unpaired) electrons. The van der Waals surface area contributed by atoms with Gasteiger partial charge in [-0.1, -0.05) is 47.6 Å². The van der Waals surface area contributed by atoms with E-state index >= 15 is 0 Å². The van der Waals surface area contributed by atoms with Crippen molar-refractivity contribution in [2.75, 3.05) is 5.75 Å². The van der Waals surface area contributed by atoms with E-state index in [1.807, 2.05) is 0 Å². The van der Waals surface area contributed by atoms with E-state index in [1.54, 1.807) is 6.08 Å². The quantitative estimate of drug-likeness (QED) is 0.706. The normalized spacial score (nSPS) is 30.5. The van der Waals surface area contributed by atoms with Gasteiger partial charge in [0.05, 0.1) is 17.1 Å². The van der Waals surface area contributed by atoms with Crippen LogP contribution in [-0.4, -0.2) is 39.6 Å². The lowest BCUT2D eigenvalue weighted by Crippen LogP contribution is -2.52. The molecule has 0 saturated carbocycles. The van der Waals surface area contributed by atoms with Gasteiger partial charge in [-0.15, -0.1) is 0 Å². The fourth-order valence-electron chi connectivity index (χ4n) is 4.75. The minimum absolute atomic E-state index is 0.0165. The number of rotatable bonds is 5. The summed E-state index contributed by atoms with van der Waals surface area (Å²) in [6, 6.07) is 0. The minimum atomic E-state index is -3.21. The van der Waals surface area contributed by atoms with Crippen LogP contribution in [0.5, 0.6) is 0 Å². The van der Waals surface area contributed by atoms with Gasteiger partial charge in [0.25, 0.3) is 0 Å². The van der Waals surface area contributed by atoms with E-state index in [-0.39, 0.29) is 23.6 Å². The zero-order chi connectivity index (χ0) is 17.6. The maximum Gasteiger partial charge on any atom is 0.200 e. The molecular formula is C17H30O4SSi. The SMILES string of the molecule is CC(C)[Si](OC1CS(=O)(=O)C2C=CC(=O)CC12)(C(C)C)C(C)C. The lowest BCUT2D eigenvalue weighted by atomic mass is 9.89. The van der Waals surface area contributed by atoms with Crippen LogP contribution in [0.2, 0.25) is 16.6 Å². The van der Waals surface area contributed by atoms with Crippen LogP contribution in [0.1, 0.15) is 48.0 Å². The zero-order valence-electron chi connectivity index (χ0n) is 15.1. The first-order chi connectivity index (χ1) is 10.5. The molecule has 2 aliphatic rings. The van der Waals surface area contributed by atoms with Crippen LogP contribution in [0, 0.1) is 5.92 Å². The van der Waals surface area contributed by atoms with Crippen molar-refractivity contribution in [2.24, 2.45) is 5.92 Å². The fourth-order valence-corrected chi connectivity index (χ4v) is 12.6. The Hall–Kier alpha value is -0.463. The van der Waals surface area contributed by atoms with Crippen molar-refractivity contribution in [3.05, 3.63) is 12.2 Å². The van der Waals surface area contributed by atoms with Crippen molar-refractivity contribution in [3.8, 4) is 0 Å². The molecule has 1 heterocycles. The standard InChI is InChI=1S/C17H30O4SSi/c1-11(2)23(12(3)4,13(5)6)21-16-10-22(19,20)17-8-7-14(18)9-15(16)17/h7-8,11-13,15-17H,9-10H2,1-6H3. The summed E-state index contributed by atoms with van der Waals surface area (Å²) in [5, 5.41) is -0.539. The van der Waals surface area contributed by atoms with E-state index in [0.29, 0.717) is 23.0 Å². The molecule has 1 aliphatic heterocycles. The second-order valence-corrected chi connectivity index (χ2v) is 15.6.